The summed E-state index contributed by atoms with van der Waals surface area (Å²) in [5.41, 5.74) is 7.95. The van der Waals surface area contributed by atoms with E-state index >= 15 is 0 Å². The van der Waals surface area contributed by atoms with Crippen LogP contribution in [0.1, 0.15) is 23.2 Å². The minimum atomic E-state index is -1.28. The van der Waals surface area contributed by atoms with Crippen molar-refractivity contribution in [2.45, 2.75) is 32.0 Å². The van der Waals surface area contributed by atoms with Crippen LogP contribution < -0.4 is 5.73 Å². The van der Waals surface area contributed by atoms with Gasteiger partial charge in [0.15, 0.2) is 11.6 Å². The Hall–Kier alpha value is -3.20. The average Bonchev–Trinajstić information content (AvgIpc) is 3.09. The van der Waals surface area contributed by atoms with Gasteiger partial charge < -0.3 is 15.2 Å². The van der Waals surface area contributed by atoms with Gasteiger partial charge in [-0.1, -0.05) is 6.07 Å². The van der Waals surface area contributed by atoms with Crippen LogP contribution in [-0.4, -0.2) is 26.4 Å². The molecule has 3 aromatic rings. The molecule has 30 heavy (non-hydrogen) atoms. The molecule has 0 fully saturated rings. The molecule has 4 rings (SSSR count). The van der Waals surface area contributed by atoms with E-state index in [0.717, 1.165) is 11.6 Å². The third kappa shape index (κ3) is 3.93. The van der Waals surface area contributed by atoms with E-state index in [0.29, 0.717) is 17.4 Å². The van der Waals surface area contributed by atoms with Gasteiger partial charge in [-0.05, 0) is 35.7 Å². The molecule has 2 N–H and O–H groups in total. The Morgan fingerprint density at radius 3 is 2.63 bits per heavy atom. The van der Waals surface area contributed by atoms with Crippen molar-refractivity contribution in [3.63, 3.8) is 0 Å². The van der Waals surface area contributed by atoms with Crippen molar-refractivity contribution in [3.05, 3.63) is 82.9 Å². The lowest BCUT2D eigenvalue weighted by molar-refractivity contribution is -0.132. The van der Waals surface area contributed by atoms with Gasteiger partial charge in [0.05, 0.1) is 30.5 Å². The van der Waals surface area contributed by atoms with Crippen LogP contribution in [0.4, 0.5) is 17.6 Å². The molecular formula is C21H18F4N4O. The second-order valence-electron chi connectivity index (χ2n) is 7.30. The van der Waals surface area contributed by atoms with Crippen LogP contribution >= 0.6 is 0 Å². The maximum Gasteiger partial charge on any atom is 0.224 e. The van der Waals surface area contributed by atoms with Crippen molar-refractivity contribution in [2.24, 2.45) is 5.73 Å². The molecule has 9 heteroatoms. The van der Waals surface area contributed by atoms with E-state index in [1.165, 1.54) is 12.1 Å². The number of benzene rings is 2. The SMILES string of the molecule is N[C@@H](CC(=O)N1Cc2ccc(F)cc2-n2cncc2C1)Cc1cc(F)c(F)cc1F. The Balaban J connectivity index is 1.51. The quantitative estimate of drug-likeness (QED) is 0.523. The lowest BCUT2D eigenvalue weighted by Crippen LogP contribution is -2.36. The number of aromatic nitrogens is 2. The predicted octanol–water partition coefficient (Wildman–Crippen LogP) is 3.23. The Bertz CT molecular complexity index is 1110. The number of carbonyl (C=O) groups excluding carboxylic acids is 1. The monoisotopic (exact) mass is 418 g/mol. The molecule has 1 aliphatic rings. The van der Waals surface area contributed by atoms with Gasteiger partial charge in [0.2, 0.25) is 5.91 Å². The summed E-state index contributed by atoms with van der Waals surface area (Å²) in [7, 11) is 0. The average molecular weight is 418 g/mol. The van der Waals surface area contributed by atoms with Crippen LogP contribution in [0.3, 0.4) is 0 Å². The second-order valence-corrected chi connectivity index (χ2v) is 7.30. The smallest absolute Gasteiger partial charge is 0.224 e. The van der Waals surface area contributed by atoms with E-state index < -0.39 is 29.3 Å². The molecule has 1 aromatic heterocycles. The largest absolute Gasteiger partial charge is 0.332 e. The second kappa shape index (κ2) is 7.91. The third-order valence-electron chi connectivity index (χ3n) is 5.10. The highest BCUT2D eigenvalue weighted by Crippen LogP contribution is 2.26. The van der Waals surface area contributed by atoms with Crippen LogP contribution in [0.25, 0.3) is 5.69 Å². The minimum Gasteiger partial charge on any atom is -0.332 e. The number of nitrogens with two attached hydrogens (primary N) is 1. The summed E-state index contributed by atoms with van der Waals surface area (Å²) in [6.45, 7) is 0.476. The molecule has 0 spiro atoms. The van der Waals surface area contributed by atoms with Crippen molar-refractivity contribution in [1.82, 2.24) is 14.5 Å². The molecule has 156 valence electrons. The number of carbonyl (C=O) groups is 1. The van der Waals surface area contributed by atoms with Crippen molar-refractivity contribution in [2.75, 3.05) is 0 Å². The topological polar surface area (TPSA) is 64.2 Å². The standard InChI is InChI=1S/C21H18F4N4O/c22-14-2-1-12-9-28(10-16-8-27-11-29(16)20(12)5-14)21(30)6-15(26)3-13-4-18(24)19(25)7-17(13)23/h1-2,4-5,7-8,11,15H,3,6,9-10,26H2/t15-/m1/s1. The molecule has 0 aliphatic carbocycles. The first kappa shape index (κ1) is 20.1. The zero-order chi connectivity index (χ0) is 21.4. The van der Waals surface area contributed by atoms with E-state index in [-0.39, 0.29) is 37.4 Å². The van der Waals surface area contributed by atoms with E-state index in [1.807, 2.05) is 0 Å². The summed E-state index contributed by atoms with van der Waals surface area (Å²) in [6, 6.07) is 4.73. The number of imidazole rings is 1. The number of rotatable bonds is 4. The highest BCUT2D eigenvalue weighted by molar-refractivity contribution is 5.77. The maximum absolute atomic E-state index is 13.9. The predicted molar refractivity (Wildman–Crippen MR) is 100 cm³/mol. The van der Waals surface area contributed by atoms with Crippen molar-refractivity contribution in [1.29, 1.82) is 0 Å². The number of halogens is 4. The summed E-state index contributed by atoms with van der Waals surface area (Å²) in [5.74, 6) is -4.06. The van der Waals surface area contributed by atoms with Crippen LogP contribution in [0.2, 0.25) is 0 Å². The molecule has 0 unspecified atom stereocenters. The fourth-order valence-corrected chi connectivity index (χ4v) is 3.61. The zero-order valence-corrected chi connectivity index (χ0v) is 15.8. The molecule has 0 bridgehead atoms. The van der Waals surface area contributed by atoms with Crippen molar-refractivity contribution in [3.8, 4) is 5.69 Å². The molecule has 5 nitrogen and oxygen atoms in total. The Morgan fingerprint density at radius 2 is 1.83 bits per heavy atom. The summed E-state index contributed by atoms with van der Waals surface area (Å²) < 4.78 is 55.8. The summed E-state index contributed by atoms with van der Waals surface area (Å²) in [5, 5.41) is 0. The molecular weight excluding hydrogens is 400 g/mol. The van der Waals surface area contributed by atoms with Gasteiger partial charge in [-0.15, -0.1) is 0 Å². The number of hydrogen-bond acceptors (Lipinski definition) is 3. The molecule has 0 saturated carbocycles. The van der Waals surface area contributed by atoms with Gasteiger partial charge >= 0.3 is 0 Å². The highest BCUT2D eigenvalue weighted by atomic mass is 19.2. The Labute approximate surface area is 169 Å². The molecule has 1 atom stereocenters. The van der Waals surface area contributed by atoms with E-state index in [4.69, 9.17) is 5.73 Å². The lowest BCUT2D eigenvalue weighted by atomic mass is 10.0. The molecule has 0 radical (unpaired) electrons. The summed E-state index contributed by atoms with van der Waals surface area (Å²) in [6.07, 6.45) is 2.90. The van der Waals surface area contributed by atoms with Gasteiger partial charge in [-0.3, -0.25) is 4.79 Å². The Morgan fingerprint density at radius 1 is 1.07 bits per heavy atom. The molecule has 1 amide bonds. The normalized spacial score (nSPS) is 14.1. The van der Waals surface area contributed by atoms with Gasteiger partial charge in [-0.25, -0.2) is 22.5 Å². The van der Waals surface area contributed by atoms with Crippen LogP contribution in [0, 0.1) is 23.3 Å². The molecule has 0 saturated heterocycles. The fraction of sp³-hybridized carbons (Fsp3) is 0.238. The van der Waals surface area contributed by atoms with Gasteiger partial charge in [-0.2, -0.15) is 0 Å². The highest BCUT2D eigenvalue weighted by Gasteiger charge is 2.25. The molecule has 2 aromatic carbocycles. The van der Waals surface area contributed by atoms with Gasteiger partial charge in [0.1, 0.15) is 11.6 Å². The van der Waals surface area contributed by atoms with E-state index in [1.54, 1.807) is 28.1 Å². The van der Waals surface area contributed by atoms with Crippen molar-refractivity contribution >= 4 is 5.91 Å². The van der Waals surface area contributed by atoms with Gasteiger partial charge in [0, 0.05) is 25.1 Å². The summed E-state index contributed by atoms with van der Waals surface area (Å²) in [4.78, 5) is 18.5. The molecule has 2 heterocycles. The maximum atomic E-state index is 13.9. The first-order chi connectivity index (χ1) is 14.3. The third-order valence-corrected chi connectivity index (χ3v) is 5.10. The summed E-state index contributed by atoms with van der Waals surface area (Å²) >= 11 is 0. The first-order valence-electron chi connectivity index (χ1n) is 9.28. The van der Waals surface area contributed by atoms with E-state index in [9.17, 15) is 22.4 Å². The fourth-order valence-electron chi connectivity index (χ4n) is 3.61. The van der Waals surface area contributed by atoms with Crippen molar-refractivity contribution < 1.29 is 22.4 Å². The zero-order valence-electron chi connectivity index (χ0n) is 15.8. The first-order valence-corrected chi connectivity index (χ1v) is 9.28. The van der Waals surface area contributed by atoms with Gasteiger partial charge in [0.25, 0.3) is 0 Å². The number of hydrogen-bond donors (Lipinski definition) is 1. The van der Waals surface area contributed by atoms with Crippen LogP contribution in [-0.2, 0) is 24.3 Å². The van der Waals surface area contributed by atoms with Crippen LogP contribution in [0.15, 0.2) is 42.9 Å². The Kier molecular flexibility index (Phi) is 5.29. The molecule has 1 aliphatic heterocycles. The lowest BCUT2D eigenvalue weighted by Gasteiger charge is -2.22. The number of fused-ring (bicyclic) bond motifs is 3. The minimum absolute atomic E-state index is 0.0936. The number of nitrogens with zero attached hydrogens (tertiary/aromatic N) is 3. The van der Waals surface area contributed by atoms with E-state index in [2.05, 4.69) is 4.98 Å². The number of amides is 1. The van der Waals surface area contributed by atoms with Crippen LogP contribution in [0.5, 0.6) is 0 Å².